The summed E-state index contributed by atoms with van der Waals surface area (Å²) >= 11 is 14.0. The Hall–Kier alpha value is -0.867. The van der Waals surface area contributed by atoms with Crippen molar-refractivity contribution < 1.29 is 35.1 Å². The number of hydrogen-bond acceptors (Lipinski definition) is 6. The summed E-state index contributed by atoms with van der Waals surface area (Å²) in [4.78, 5) is 0. The summed E-state index contributed by atoms with van der Waals surface area (Å²) in [5, 5.41) is 26.2. The van der Waals surface area contributed by atoms with Crippen LogP contribution in [0.1, 0.15) is 0 Å². The summed E-state index contributed by atoms with van der Waals surface area (Å²) < 4.78 is 3.97. The molecule has 130 valence electrons. The predicted octanol–water partition coefficient (Wildman–Crippen LogP) is 3.71. The van der Waals surface area contributed by atoms with Gasteiger partial charge in [-0.3, -0.25) is 0 Å². The van der Waals surface area contributed by atoms with Gasteiger partial charge in [0.1, 0.15) is 13.9 Å². The zero-order valence-electron chi connectivity index (χ0n) is 13.0. The van der Waals surface area contributed by atoms with Crippen LogP contribution in [0.25, 0.3) is 0 Å². The Kier molecular flexibility index (Phi) is 16.0. The van der Waals surface area contributed by atoms with E-state index in [-0.39, 0.29) is 49.0 Å². The molecule has 0 saturated heterocycles. The number of pyridine rings is 3. The van der Waals surface area contributed by atoms with E-state index in [9.17, 15) is 0 Å². The van der Waals surface area contributed by atoms with Crippen molar-refractivity contribution in [1.29, 1.82) is 0 Å². The summed E-state index contributed by atoms with van der Waals surface area (Å²) in [6.07, 6.45) is 4.47. The molecule has 0 bridgehead atoms. The zero-order valence-corrected chi connectivity index (χ0v) is 18.5. The second kappa shape index (κ2) is 15.2. The van der Waals surface area contributed by atoms with Gasteiger partial charge in [-0.05, 0) is 36.4 Å². The Morgan fingerprint density at radius 1 is 0.538 bits per heavy atom. The number of nitrogens with zero attached hydrogens (tertiary/aromatic N) is 3. The molecular formula is C15H16N3NaO3S3Zn. The van der Waals surface area contributed by atoms with Crippen molar-refractivity contribution in [2.75, 3.05) is 0 Å². The van der Waals surface area contributed by atoms with E-state index in [2.05, 4.69) is 36.7 Å². The Morgan fingerprint density at radius 2 is 0.769 bits per heavy atom. The van der Waals surface area contributed by atoms with Crippen molar-refractivity contribution >= 4 is 66.2 Å². The fourth-order valence-corrected chi connectivity index (χ4v) is 1.68. The average Bonchev–Trinajstić information content (AvgIpc) is 2.57. The molecule has 3 rings (SSSR count). The van der Waals surface area contributed by atoms with Gasteiger partial charge < -0.3 is 15.6 Å². The average molecular weight is 471 g/mol. The molecule has 0 fully saturated rings. The maximum absolute atomic E-state index is 8.73. The van der Waals surface area contributed by atoms with Crippen molar-refractivity contribution in [2.45, 2.75) is 0 Å². The Labute approximate surface area is 200 Å². The third kappa shape index (κ3) is 11.0. The summed E-state index contributed by atoms with van der Waals surface area (Å²) in [6, 6.07) is 15.4. The van der Waals surface area contributed by atoms with Gasteiger partial charge in [-0.15, -0.1) is 0 Å². The van der Waals surface area contributed by atoms with Crippen LogP contribution < -0.4 is 0 Å². The molecule has 3 N–H and O–H groups in total. The minimum Gasteiger partial charge on any atom is 0 e. The van der Waals surface area contributed by atoms with Crippen molar-refractivity contribution in [3.05, 3.63) is 87.1 Å². The van der Waals surface area contributed by atoms with Crippen LogP contribution in [0.4, 0.5) is 0 Å². The quantitative estimate of drug-likeness (QED) is 0.264. The molecule has 0 aromatic carbocycles. The molecule has 3 aromatic rings. The van der Waals surface area contributed by atoms with E-state index in [0.717, 1.165) is 14.2 Å². The monoisotopic (exact) mass is 469 g/mol. The summed E-state index contributed by atoms with van der Waals surface area (Å²) in [5.41, 5.74) is 0. The normalized spacial score (nSPS) is 8.31. The molecule has 26 heavy (non-hydrogen) atoms. The van der Waals surface area contributed by atoms with Gasteiger partial charge in [0.2, 0.25) is 0 Å². The van der Waals surface area contributed by atoms with Crippen LogP contribution >= 0.6 is 36.7 Å². The van der Waals surface area contributed by atoms with Crippen molar-refractivity contribution in [1.82, 2.24) is 14.2 Å². The van der Waals surface area contributed by atoms with E-state index in [1.165, 1.54) is 18.6 Å². The van der Waals surface area contributed by atoms with Gasteiger partial charge in [0.25, 0.3) is 0 Å². The molecule has 3 aromatic heterocycles. The maximum atomic E-state index is 8.73. The molecule has 0 amide bonds. The zero-order chi connectivity index (χ0) is 17.9. The first-order chi connectivity index (χ1) is 11.4. The number of hydrogen-bond donors (Lipinski definition) is 3. The van der Waals surface area contributed by atoms with E-state index < -0.39 is 0 Å². The fourth-order valence-electron chi connectivity index (χ4n) is 1.26. The van der Waals surface area contributed by atoms with Crippen LogP contribution in [0.3, 0.4) is 0 Å². The first-order valence-corrected chi connectivity index (χ1v) is 7.75. The Bertz CT molecular complexity index is 824. The Morgan fingerprint density at radius 3 is 0.885 bits per heavy atom. The molecule has 6 nitrogen and oxygen atoms in total. The van der Waals surface area contributed by atoms with Gasteiger partial charge in [-0.25, -0.2) is 0 Å². The summed E-state index contributed by atoms with van der Waals surface area (Å²) in [7, 11) is 0. The second-order valence-corrected chi connectivity index (χ2v) is 5.41. The molecular weight excluding hydrogens is 455 g/mol. The molecule has 0 spiro atoms. The van der Waals surface area contributed by atoms with Crippen LogP contribution in [-0.4, -0.2) is 59.4 Å². The number of rotatable bonds is 0. The van der Waals surface area contributed by atoms with Gasteiger partial charge in [0, 0.05) is 38.1 Å². The summed E-state index contributed by atoms with van der Waals surface area (Å²) in [6.45, 7) is 0. The molecule has 0 aliphatic rings. The predicted molar refractivity (Wildman–Crippen MR) is 105 cm³/mol. The van der Waals surface area contributed by atoms with Gasteiger partial charge >= 0.3 is 29.6 Å². The third-order valence-electron chi connectivity index (χ3n) is 2.41. The minimum atomic E-state index is 0. The molecule has 3 heterocycles. The molecule has 0 saturated carbocycles. The standard InChI is InChI=1S/3C5H5NOS.Na.Zn.H/c3*7-6-4-2-1-3-5(6)8;;;/h3*1-4,7H;;;. The smallest absolute Gasteiger partial charge is 0 e. The van der Waals surface area contributed by atoms with Crippen LogP contribution in [0.5, 0.6) is 0 Å². The van der Waals surface area contributed by atoms with E-state index in [4.69, 9.17) is 15.6 Å². The molecule has 0 aliphatic carbocycles. The molecule has 0 aliphatic heterocycles. The van der Waals surface area contributed by atoms with E-state index in [1.807, 2.05) is 0 Å². The van der Waals surface area contributed by atoms with Crippen molar-refractivity contribution in [2.24, 2.45) is 0 Å². The van der Waals surface area contributed by atoms with Gasteiger partial charge in [0.05, 0.1) is 0 Å². The van der Waals surface area contributed by atoms with E-state index >= 15 is 0 Å². The Balaban J connectivity index is 0. The van der Waals surface area contributed by atoms with Crippen molar-refractivity contribution in [3.63, 3.8) is 0 Å². The van der Waals surface area contributed by atoms with E-state index in [0.29, 0.717) is 13.9 Å². The first kappa shape index (κ1) is 27.4. The SMILES string of the molecule is On1ccccc1=S.On1ccccc1=S.On1ccccc1=S.[NaH].[Zn]. The summed E-state index contributed by atoms with van der Waals surface area (Å²) in [5.74, 6) is 0. The topological polar surface area (TPSA) is 75.5 Å². The number of aromatic nitrogens is 3. The van der Waals surface area contributed by atoms with Crippen molar-refractivity contribution in [3.8, 4) is 0 Å². The van der Waals surface area contributed by atoms with Gasteiger partial charge in [-0.2, -0.15) is 14.2 Å². The van der Waals surface area contributed by atoms with E-state index in [1.54, 1.807) is 54.6 Å². The van der Waals surface area contributed by atoms with Crippen LogP contribution in [-0.2, 0) is 19.5 Å². The molecule has 11 heteroatoms. The minimum absolute atomic E-state index is 0. The third-order valence-corrected chi connectivity index (χ3v) is 3.38. The van der Waals surface area contributed by atoms with Crippen LogP contribution in [0.15, 0.2) is 73.2 Å². The largest absolute Gasteiger partial charge is 0 e. The van der Waals surface area contributed by atoms with Crippen LogP contribution in [0.2, 0.25) is 0 Å². The molecule has 0 unspecified atom stereocenters. The van der Waals surface area contributed by atoms with Crippen LogP contribution in [0, 0.1) is 13.9 Å². The molecule has 0 radical (unpaired) electrons. The van der Waals surface area contributed by atoms with Gasteiger partial charge in [0.15, 0.2) is 0 Å². The first-order valence-electron chi connectivity index (χ1n) is 6.52. The van der Waals surface area contributed by atoms with Gasteiger partial charge in [-0.1, -0.05) is 54.9 Å². The second-order valence-electron chi connectivity index (χ2n) is 4.15. The molecule has 0 atom stereocenters. The fraction of sp³-hybridized carbons (Fsp3) is 0. The maximum Gasteiger partial charge on any atom is 0 e.